The lowest BCUT2D eigenvalue weighted by atomic mass is 10.2. The third-order valence-electron chi connectivity index (χ3n) is 2.42. The van der Waals surface area contributed by atoms with Crippen LogP contribution in [0.4, 0.5) is 0 Å². The Hall–Kier alpha value is -0.290. The van der Waals surface area contributed by atoms with E-state index in [9.17, 15) is 0 Å². The third kappa shape index (κ3) is 6.05. The standard InChI is InChI=1S/C13H19BrClNO2/c1-17-13-4-3-12(14)9-11(13)10-16-6-2-7-18-8-5-15/h3-4,9,16H,2,5-8,10H2,1H3. The van der Waals surface area contributed by atoms with E-state index < -0.39 is 0 Å². The highest BCUT2D eigenvalue weighted by Crippen LogP contribution is 2.22. The van der Waals surface area contributed by atoms with Crippen molar-refractivity contribution in [3.63, 3.8) is 0 Å². The molecule has 102 valence electrons. The van der Waals surface area contributed by atoms with E-state index in [1.54, 1.807) is 7.11 Å². The van der Waals surface area contributed by atoms with Crippen molar-refractivity contribution >= 4 is 27.5 Å². The number of rotatable bonds is 9. The van der Waals surface area contributed by atoms with Crippen LogP contribution in [-0.4, -0.2) is 32.7 Å². The summed E-state index contributed by atoms with van der Waals surface area (Å²) in [7, 11) is 1.69. The molecule has 0 radical (unpaired) electrons. The number of methoxy groups -OCH3 is 1. The van der Waals surface area contributed by atoms with Gasteiger partial charge in [-0.1, -0.05) is 15.9 Å². The van der Waals surface area contributed by atoms with Gasteiger partial charge in [0.1, 0.15) is 5.75 Å². The van der Waals surface area contributed by atoms with Gasteiger partial charge in [-0.25, -0.2) is 0 Å². The van der Waals surface area contributed by atoms with Crippen LogP contribution in [0, 0.1) is 0 Å². The first kappa shape index (κ1) is 15.8. The van der Waals surface area contributed by atoms with Crippen LogP contribution in [0.1, 0.15) is 12.0 Å². The van der Waals surface area contributed by atoms with E-state index in [2.05, 4.69) is 27.3 Å². The van der Waals surface area contributed by atoms with E-state index in [1.807, 2.05) is 12.1 Å². The molecule has 0 fully saturated rings. The molecule has 0 unspecified atom stereocenters. The molecular formula is C13H19BrClNO2. The van der Waals surface area contributed by atoms with Crippen molar-refractivity contribution in [2.24, 2.45) is 0 Å². The molecule has 0 heterocycles. The molecule has 1 N–H and O–H groups in total. The second kappa shape index (κ2) is 9.62. The summed E-state index contributed by atoms with van der Waals surface area (Å²) in [6.45, 7) is 3.08. The van der Waals surface area contributed by atoms with Gasteiger partial charge in [-0.15, -0.1) is 11.6 Å². The van der Waals surface area contributed by atoms with E-state index in [-0.39, 0.29) is 0 Å². The van der Waals surface area contributed by atoms with Crippen LogP contribution >= 0.6 is 27.5 Å². The topological polar surface area (TPSA) is 30.5 Å². The quantitative estimate of drug-likeness (QED) is 0.555. The van der Waals surface area contributed by atoms with Gasteiger partial charge in [-0.05, 0) is 31.2 Å². The van der Waals surface area contributed by atoms with Gasteiger partial charge in [0, 0.05) is 29.1 Å². The smallest absolute Gasteiger partial charge is 0.123 e. The summed E-state index contributed by atoms with van der Waals surface area (Å²) in [6.07, 6.45) is 0.979. The first-order valence-electron chi connectivity index (χ1n) is 5.94. The van der Waals surface area contributed by atoms with Crippen molar-refractivity contribution < 1.29 is 9.47 Å². The summed E-state index contributed by atoms with van der Waals surface area (Å²) >= 11 is 8.97. The monoisotopic (exact) mass is 335 g/mol. The van der Waals surface area contributed by atoms with E-state index in [4.69, 9.17) is 21.1 Å². The fourth-order valence-corrected chi connectivity index (χ4v) is 2.08. The minimum atomic E-state index is 0.558. The Morgan fingerprint density at radius 3 is 2.89 bits per heavy atom. The molecular weight excluding hydrogens is 318 g/mol. The van der Waals surface area contributed by atoms with E-state index >= 15 is 0 Å². The first-order valence-corrected chi connectivity index (χ1v) is 7.27. The van der Waals surface area contributed by atoms with Gasteiger partial charge in [-0.2, -0.15) is 0 Å². The molecule has 0 aromatic heterocycles. The van der Waals surface area contributed by atoms with Crippen molar-refractivity contribution in [2.75, 3.05) is 32.7 Å². The molecule has 0 spiro atoms. The maximum Gasteiger partial charge on any atom is 0.123 e. The molecule has 18 heavy (non-hydrogen) atoms. The minimum absolute atomic E-state index is 0.558. The number of hydrogen-bond acceptors (Lipinski definition) is 3. The predicted molar refractivity (Wildman–Crippen MR) is 78.6 cm³/mol. The predicted octanol–water partition coefficient (Wildman–Crippen LogP) is 3.19. The zero-order chi connectivity index (χ0) is 13.2. The third-order valence-corrected chi connectivity index (χ3v) is 3.07. The van der Waals surface area contributed by atoms with Crippen LogP contribution in [0.15, 0.2) is 22.7 Å². The van der Waals surface area contributed by atoms with E-state index in [0.29, 0.717) is 12.5 Å². The Kier molecular flexibility index (Phi) is 8.42. The largest absolute Gasteiger partial charge is 0.496 e. The molecule has 0 aliphatic carbocycles. The molecule has 0 amide bonds. The fraction of sp³-hybridized carbons (Fsp3) is 0.538. The highest BCUT2D eigenvalue weighted by molar-refractivity contribution is 9.10. The van der Waals surface area contributed by atoms with Gasteiger partial charge in [-0.3, -0.25) is 0 Å². The summed E-state index contributed by atoms with van der Waals surface area (Å²) in [5, 5.41) is 3.37. The van der Waals surface area contributed by atoms with Crippen LogP contribution in [-0.2, 0) is 11.3 Å². The second-order valence-corrected chi connectivity index (χ2v) is 5.08. The SMILES string of the molecule is COc1ccc(Br)cc1CNCCCOCCCl. The Labute approximate surface area is 122 Å². The summed E-state index contributed by atoms with van der Waals surface area (Å²) in [5.74, 6) is 1.46. The number of halogens is 2. The number of ether oxygens (including phenoxy) is 2. The van der Waals surface area contributed by atoms with Crippen molar-refractivity contribution in [2.45, 2.75) is 13.0 Å². The zero-order valence-corrected chi connectivity index (χ0v) is 12.9. The highest BCUT2D eigenvalue weighted by Gasteiger charge is 2.02. The molecule has 0 atom stereocenters. The van der Waals surface area contributed by atoms with Crippen LogP contribution in [0.25, 0.3) is 0 Å². The highest BCUT2D eigenvalue weighted by atomic mass is 79.9. The summed E-state index contributed by atoms with van der Waals surface area (Å²) < 4.78 is 11.7. The van der Waals surface area contributed by atoms with Crippen LogP contribution < -0.4 is 10.1 Å². The Morgan fingerprint density at radius 2 is 2.17 bits per heavy atom. The lowest BCUT2D eigenvalue weighted by Crippen LogP contribution is -2.17. The molecule has 0 saturated heterocycles. The van der Waals surface area contributed by atoms with Gasteiger partial charge >= 0.3 is 0 Å². The van der Waals surface area contributed by atoms with Crippen molar-refractivity contribution in [3.05, 3.63) is 28.2 Å². The van der Waals surface area contributed by atoms with Gasteiger partial charge in [0.25, 0.3) is 0 Å². The summed E-state index contributed by atoms with van der Waals surface area (Å²) in [6, 6.07) is 6.00. The van der Waals surface area contributed by atoms with Crippen LogP contribution in [0.3, 0.4) is 0 Å². The number of hydrogen-bond donors (Lipinski definition) is 1. The molecule has 1 aromatic carbocycles. The maximum atomic E-state index is 5.51. The van der Waals surface area contributed by atoms with Gasteiger partial charge < -0.3 is 14.8 Å². The van der Waals surface area contributed by atoms with Crippen molar-refractivity contribution in [3.8, 4) is 5.75 Å². The number of benzene rings is 1. The normalized spacial score (nSPS) is 10.6. The van der Waals surface area contributed by atoms with Crippen LogP contribution in [0.5, 0.6) is 5.75 Å². The van der Waals surface area contributed by atoms with E-state index in [0.717, 1.165) is 41.9 Å². The molecule has 1 aromatic rings. The zero-order valence-electron chi connectivity index (χ0n) is 10.5. The van der Waals surface area contributed by atoms with E-state index in [1.165, 1.54) is 0 Å². The molecule has 1 rings (SSSR count). The molecule has 0 aliphatic heterocycles. The lowest BCUT2D eigenvalue weighted by molar-refractivity contribution is 0.146. The number of nitrogens with one attached hydrogen (secondary N) is 1. The molecule has 0 saturated carbocycles. The summed E-state index contributed by atoms with van der Waals surface area (Å²) in [4.78, 5) is 0. The Morgan fingerprint density at radius 1 is 1.33 bits per heavy atom. The van der Waals surface area contributed by atoms with Crippen molar-refractivity contribution in [1.82, 2.24) is 5.32 Å². The molecule has 0 aliphatic rings. The van der Waals surface area contributed by atoms with Gasteiger partial charge in [0.15, 0.2) is 0 Å². The Balaban J connectivity index is 2.24. The van der Waals surface area contributed by atoms with Gasteiger partial charge in [0.05, 0.1) is 13.7 Å². The average molecular weight is 337 g/mol. The number of alkyl halides is 1. The average Bonchev–Trinajstić information content (AvgIpc) is 2.38. The maximum absolute atomic E-state index is 5.51. The first-order chi connectivity index (χ1) is 8.77. The second-order valence-electron chi connectivity index (χ2n) is 3.79. The molecule has 3 nitrogen and oxygen atoms in total. The summed E-state index contributed by atoms with van der Waals surface area (Å²) in [5.41, 5.74) is 1.15. The molecule has 0 bridgehead atoms. The van der Waals surface area contributed by atoms with Crippen LogP contribution in [0.2, 0.25) is 0 Å². The Bertz CT molecular complexity index is 350. The molecule has 5 heteroatoms. The fourth-order valence-electron chi connectivity index (χ4n) is 1.56. The van der Waals surface area contributed by atoms with Crippen molar-refractivity contribution in [1.29, 1.82) is 0 Å². The van der Waals surface area contributed by atoms with Gasteiger partial charge in [0.2, 0.25) is 0 Å². The minimum Gasteiger partial charge on any atom is -0.496 e. The lowest BCUT2D eigenvalue weighted by Gasteiger charge is -2.10.